The Hall–Kier alpha value is -0.520. The molecule has 3 nitrogen and oxygen atoms in total. The van der Waals surface area contributed by atoms with E-state index in [9.17, 15) is 8.42 Å². The fourth-order valence-electron chi connectivity index (χ4n) is 2.78. The Labute approximate surface area is 132 Å². The highest BCUT2D eigenvalue weighted by Crippen LogP contribution is 2.22. The quantitative estimate of drug-likeness (QED) is 0.816. The zero-order valence-corrected chi connectivity index (χ0v) is 14.5. The van der Waals surface area contributed by atoms with Gasteiger partial charge in [-0.15, -0.1) is 11.8 Å². The number of thioether (sulfide) groups is 1. The van der Waals surface area contributed by atoms with E-state index in [-0.39, 0.29) is 0 Å². The van der Waals surface area contributed by atoms with Crippen molar-refractivity contribution in [1.29, 1.82) is 0 Å². The summed E-state index contributed by atoms with van der Waals surface area (Å²) < 4.78 is 22.8. The second kappa shape index (κ2) is 7.65. The molecule has 0 aliphatic carbocycles. The van der Waals surface area contributed by atoms with Crippen molar-refractivity contribution in [3.63, 3.8) is 0 Å². The van der Waals surface area contributed by atoms with E-state index < -0.39 is 9.84 Å². The number of hydrogen-bond acceptors (Lipinski definition) is 4. The minimum Gasteiger partial charge on any atom is -0.314 e. The van der Waals surface area contributed by atoms with Crippen molar-refractivity contribution in [2.75, 3.05) is 24.3 Å². The zero-order chi connectivity index (χ0) is 15.3. The van der Waals surface area contributed by atoms with Crippen LogP contribution in [0, 0.1) is 5.92 Å². The van der Waals surface area contributed by atoms with Gasteiger partial charge in [-0.05, 0) is 56.5 Å². The van der Waals surface area contributed by atoms with Gasteiger partial charge in [-0.3, -0.25) is 0 Å². The number of nitrogens with one attached hydrogen (secondary N) is 1. The topological polar surface area (TPSA) is 46.2 Å². The van der Waals surface area contributed by atoms with Crippen LogP contribution in [-0.4, -0.2) is 38.8 Å². The molecule has 1 aliphatic heterocycles. The second-order valence-corrected chi connectivity index (χ2v) is 9.07. The molecule has 0 unspecified atom stereocenters. The molecule has 118 valence electrons. The van der Waals surface area contributed by atoms with Crippen LogP contribution in [0.5, 0.6) is 0 Å². The van der Waals surface area contributed by atoms with Crippen molar-refractivity contribution < 1.29 is 8.42 Å². The molecule has 1 aromatic carbocycles. The maximum Gasteiger partial charge on any atom is 0.150 e. The molecule has 5 heteroatoms. The Kier molecular flexibility index (Phi) is 6.14. The van der Waals surface area contributed by atoms with Crippen LogP contribution in [0.15, 0.2) is 29.2 Å². The van der Waals surface area contributed by atoms with Gasteiger partial charge in [-0.25, -0.2) is 8.42 Å². The van der Waals surface area contributed by atoms with Crippen LogP contribution in [0.4, 0.5) is 0 Å². The van der Waals surface area contributed by atoms with Gasteiger partial charge in [0.2, 0.25) is 0 Å². The van der Waals surface area contributed by atoms with E-state index in [2.05, 4.69) is 42.8 Å². The van der Waals surface area contributed by atoms with Gasteiger partial charge in [0.25, 0.3) is 0 Å². The lowest BCUT2D eigenvalue weighted by molar-refractivity contribution is 0.404. The molecule has 1 aliphatic rings. The van der Waals surface area contributed by atoms with E-state index in [1.54, 1.807) is 11.8 Å². The predicted molar refractivity (Wildman–Crippen MR) is 90.8 cm³/mol. The second-order valence-electron chi connectivity index (χ2n) is 5.92. The maximum absolute atomic E-state index is 11.4. The first-order valence-electron chi connectivity index (χ1n) is 7.56. The van der Waals surface area contributed by atoms with Crippen LogP contribution in [0.3, 0.4) is 0 Å². The van der Waals surface area contributed by atoms with Crippen molar-refractivity contribution in [3.05, 3.63) is 29.8 Å². The summed E-state index contributed by atoms with van der Waals surface area (Å²) in [5.74, 6) is 1.23. The van der Waals surface area contributed by atoms with Crippen molar-refractivity contribution in [2.24, 2.45) is 5.92 Å². The highest BCUT2D eigenvalue weighted by atomic mass is 32.2. The largest absolute Gasteiger partial charge is 0.314 e. The molecule has 0 amide bonds. The average molecular weight is 328 g/mol. The first kappa shape index (κ1) is 16.8. The Morgan fingerprint density at radius 3 is 2.62 bits per heavy atom. The van der Waals surface area contributed by atoms with Crippen LogP contribution in [0.25, 0.3) is 0 Å². The molecule has 0 spiro atoms. The molecule has 1 atom stereocenters. The van der Waals surface area contributed by atoms with Gasteiger partial charge in [-0.1, -0.05) is 18.2 Å². The van der Waals surface area contributed by atoms with Crippen LogP contribution >= 0.6 is 11.8 Å². The highest BCUT2D eigenvalue weighted by Gasteiger charge is 2.23. The predicted octanol–water partition coefficient (Wildman–Crippen LogP) is 2.75. The summed E-state index contributed by atoms with van der Waals surface area (Å²) in [7, 11) is -2.74. The summed E-state index contributed by atoms with van der Waals surface area (Å²) in [6.07, 6.45) is 4.74. The third kappa shape index (κ3) is 5.31. The van der Waals surface area contributed by atoms with Gasteiger partial charge >= 0.3 is 0 Å². The summed E-state index contributed by atoms with van der Waals surface area (Å²) in [5, 5.41) is 3.58. The van der Waals surface area contributed by atoms with Crippen molar-refractivity contribution in [3.8, 4) is 0 Å². The van der Waals surface area contributed by atoms with E-state index in [1.807, 2.05) is 0 Å². The summed E-state index contributed by atoms with van der Waals surface area (Å²) in [4.78, 5) is 1.34. The fourth-order valence-corrected chi connectivity index (χ4v) is 5.00. The van der Waals surface area contributed by atoms with Crippen molar-refractivity contribution in [2.45, 2.75) is 37.1 Å². The summed E-state index contributed by atoms with van der Waals surface area (Å²) >= 11 is 1.79. The minimum absolute atomic E-state index is 0.364. The lowest BCUT2D eigenvalue weighted by Gasteiger charge is -2.24. The Morgan fingerprint density at radius 1 is 1.29 bits per heavy atom. The molecule has 1 N–H and O–H groups in total. The van der Waals surface area contributed by atoms with Crippen LogP contribution in [-0.2, 0) is 16.3 Å². The molecule has 0 bridgehead atoms. The van der Waals surface area contributed by atoms with Gasteiger partial charge in [0.1, 0.15) is 9.84 Å². The standard InChI is InChI=1S/C16H25NO2S2/c1-13(11-15-5-3-4-6-16(15)20-2)17-12-14-7-9-21(18,19)10-8-14/h3-6,13-14,17H,7-12H2,1-2H3/t13-/m1/s1. The molecule has 21 heavy (non-hydrogen) atoms. The van der Waals surface area contributed by atoms with E-state index in [4.69, 9.17) is 0 Å². The van der Waals surface area contributed by atoms with Crippen molar-refractivity contribution in [1.82, 2.24) is 5.32 Å². The molecule has 0 aromatic heterocycles. The number of sulfone groups is 1. The third-order valence-electron chi connectivity index (χ3n) is 4.15. The van der Waals surface area contributed by atoms with Gasteiger partial charge < -0.3 is 5.32 Å². The van der Waals surface area contributed by atoms with E-state index in [1.165, 1.54) is 10.5 Å². The molecule has 0 radical (unpaired) electrons. The molecule has 2 rings (SSSR count). The van der Waals surface area contributed by atoms with Gasteiger partial charge in [0.15, 0.2) is 0 Å². The van der Waals surface area contributed by atoms with E-state index >= 15 is 0 Å². The zero-order valence-electron chi connectivity index (χ0n) is 12.8. The SMILES string of the molecule is CSc1ccccc1C[C@@H](C)NCC1CCS(=O)(=O)CC1. The summed E-state index contributed by atoms with van der Waals surface area (Å²) in [6, 6.07) is 8.94. The third-order valence-corrected chi connectivity index (χ3v) is 6.70. The molecule has 1 heterocycles. The summed E-state index contributed by atoms with van der Waals surface area (Å²) in [5.41, 5.74) is 1.39. The molecule has 1 fully saturated rings. The van der Waals surface area contributed by atoms with E-state index in [0.29, 0.717) is 23.5 Å². The van der Waals surface area contributed by atoms with Gasteiger partial charge in [-0.2, -0.15) is 0 Å². The van der Waals surface area contributed by atoms with Gasteiger partial charge in [0.05, 0.1) is 11.5 Å². The number of rotatable bonds is 6. The highest BCUT2D eigenvalue weighted by molar-refractivity contribution is 7.98. The van der Waals surface area contributed by atoms with Crippen LogP contribution in [0.2, 0.25) is 0 Å². The molecular weight excluding hydrogens is 302 g/mol. The molecule has 0 saturated carbocycles. The Bertz CT molecular complexity index is 543. The summed E-state index contributed by atoms with van der Waals surface area (Å²) in [6.45, 7) is 3.13. The van der Waals surface area contributed by atoms with Gasteiger partial charge in [0, 0.05) is 10.9 Å². The van der Waals surface area contributed by atoms with Crippen molar-refractivity contribution >= 4 is 21.6 Å². The Morgan fingerprint density at radius 2 is 1.95 bits per heavy atom. The first-order chi connectivity index (χ1) is 10.00. The number of benzene rings is 1. The lowest BCUT2D eigenvalue weighted by Crippen LogP contribution is -2.36. The first-order valence-corrected chi connectivity index (χ1v) is 10.6. The maximum atomic E-state index is 11.4. The average Bonchev–Trinajstić information content (AvgIpc) is 2.47. The lowest BCUT2D eigenvalue weighted by atomic mass is 10.0. The fraction of sp³-hybridized carbons (Fsp3) is 0.625. The van der Waals surface area contributed by atoms with Crippen LogP contribution < -0.4 is 5.32 Å². The minimum atomic E-state index is -2.74. The molecule has 1 saturated heterocycles. The van der Waals surface area contributed by atoms with E-state index in [0.717, 1.165) is 25.8 Å². The normalized spacial score (nSPS) is 20.3. The smallest absolute Gasteiger partial charge is 0.150 e. The molecule has 1 aromatic rings. The Balaban J connectivity index is 1.79. The monoisotopic (exact) mass is 327 g/mol. The van der Waals surface area contributed by atoms with Crippen LogP contribution in [0.1, 0.15) is 25.3 Å². The number of hydrogen-bond donors (Lipinski definition) is 1. The molecular formula is C16H25NO2S2.